The van der Waals surface area contributed by atoms with Crippen molar-refractivity contribution in [1.82, 2.24) is 10.3 Å². The summed E-state index contributed by atoms with van der Waals surface area (Å²) < 4.78 is 5.04. The zero-order chi connectivity index (χ0) is 11.4. The predicted octanol–water partition coefficient (Wildman–Crippen LogP) is 1.91. The van der Waals surface area contributed by atoms with Crippen LogP contribution in [-0.4, -0.2) is 10.9 Å². The van der Waals surface area contributed by atoms with Crippen molar-refractivity contribution in [3.8, 4) is 0 Å². The third kappa shape index (κ3) is 2.48. The lowest BCUT2D eigenvalue weighted by molar-refractivity contribution is 0.0950. The molecule has 1 aromatic carbocycles. The lowest BCUT2D eigenvalue weighted by Gasteiger charge is -2.01. The summed E-state index contributed by atoms with van der Waals surface area (Å²) in [6, 6.07) is 9.06. The molecule has 0 aliphatic carbocycles. The minimum Gasteiger partial charge on any atom is -0.449 e. The van der Waals surface area contributed by atoms with Gasteiger partial charge in [0, 0.05) is 12.5 Å². The van der Waals surface area contributed by atoms with Gasteiger partial charge in [-0.3, -0.25) is 4.79 Å². The monoisotopic (exact) mass is 216 g/mol. The number of aromatic nitrogens is 1. The second kappa shape index (κ2) is 4.61. The standard InChI is InChI=1S/C12H12N2O2/c1-9-14-11(8-16-9)7-13-12(15)10-5-3-2-4-6-10/h2-6,8H,7H2,1H3,(H,13,15). The maximum atomic E-state index is 11.7. The van der Waals surface area contributed by atoms with Gasteiger partial charge < -0.3 is 9.73 Å². The van der Waals surface area contributed by atoms with Gasteiger partial charge in [0.25, 0.3) is 5.91 Å². The molecule has 2 rings (SSSR count). The molecule has 0 saturated carbocycles. The molecule has 0 fully saturated rings. The van der Waals surface area contributed by atoms with Crippen molar-refractivity contribution in [1.29, 1.82) is 0 Å². The van der Waals surface area contributed by atoms with E-state index in [2.05, 4.69) is 10.3 Å². The fourth-order valence-corrected chi connectivity index (χ4v) is 1.35. The molecule has 0 unspecified atom stereocenters. The van der Waals surface area contributed by atoms with Gasteiger partial charge >= 0.3 is 0 Å². The molecule has 1 aromatic heterocycles. The van der Waals surface area contributed by atoms with Gasteiger partial charge in [-0.05, 0) is 12.1 Å². The Morgan fingerprint density at radius 1 is 1.38 bits per heavy atom. The van der Waals surface area contributed by atoms with E-state index in [1.807, 2.05) is 18.2 Å². The van der Waals surface area contributed by atoms with Crippen molar-refractivity contribution in [3.63, 3.8) is 0 Å². The van der Waals surface area contributed by atoms with Gasteiger partial charge in [-0.25, -0.2) is 4.98 Å². The van der Waals surface area contributed by atoms with E-state index in [-0.39, 0.29) is 5.91 Å². The summed E-state index contributed by atoms with van der Waals surface area (Å²) >= 11 is 0. The molecule has 2 aromatic rings. The molecule has 4 nitrogen and oxygen atoms in total. The zero-order valence-electron chi connectivity index (χ0n) is 8.93. The summed E-state index contributed by atoms with van der Waals surface area (Å²) in [5.74, 6) is 0.491. The molecular weight excluding hydrogens is 204 g/mol. The van der Waals surface area contributed by atoms with Crippen molar-refractivity contribution in [2.45, 2.75) is 13.5 Å². The topological polar surface area (TPSA) is 55.1 Å². The molecule has 0 aliphatic rings. The van der Waals surface area contributed by atoms with E-state index in [1.165, 1.54) is 0 Å². The van der Waals surface area contributed by atoms with Crippen LogP contribution in [0.4, 0.5) is 0 Å². The fraction of sp³-hybridized carbons (Fsp3) is 0.167. The molecule has 4 heteroatoms. The van der Waals surface area contributed by atoms with Crippen LogP contribution in [0.1, 0.15) is 21.9 Å². The number of hydrogen-bond donors (Lipinski definition) is 1. The Morgan fingerprint density at radius 3 is 2.75 bits per heavy atom. The van der Waals surface area contributed by atoms with Crippen molar-refractivity contribution in [2.75, 3.05) is 0 Å². The molecule has 0 atom stereocenters. The van der Waals surface area contributed by atoms with Gasteiger partial charge in [-0.15, -0.1) is 0 Å². The highest BCUT2D eigenvalue weighted by molar-refractivity contribution is 5.93. The summed E-state index contributed by atoms with van der Waals surface area (Å²) in [6.45, 7) is 2.15. The van der Waals surface area contributed by atoms with E-state index in [4.69, 9.17) is 4.42 Å². The summed E-state index contributed by atoms with van der Waals surface area (Å²) in [5, 5.41) is 2.77. The number of oxazole rings is 1. The first-order valence-corrected chi connectivity index (χ1v) is 5.00. The Kier molecular flexibility index (Phi) is 3.00. The van der Waals surface area contributed by atoms with E-state index in [0.717, 1.165) is 5.69 Å². The first-order chi connectivity index (χ1) is 7.75. The van der Waals surface area contributed by atoms with Gasteiger partial charge in [-0.1, -0.05) is 18.2 Å². The minimum atomic E-state index is -0.110. The fourth-order valence-electron chi connectivity index (χ4n) is 1.35. The van der Waals surface area contributed by atoms with Crippen LogP contribution in [0, 0.1) is 6.92 Å². The number of amides is 1. The Hall–Kier alpha value is -2.10. The highest BCUT2D eigenvalue weighted by Gasteiger charge is 2.05. The van der Waals surface area contributed by atoms with Crippen molar-refractivity contribution in [2.24, 2.45) is 0 Å². The van der Waals surface area contributed by atoms with Gasteiger partial charge in [0.1, 0.15) is 6.26 Å². The third-order valence-corrected chi connectivity index (χ3v) is 2.13. The molecule has 0 spiro atoms. The maximum Gasteiger partial charge on any atom is 0.251 e. The molecule has 82 valence electrons. The van der Waals surface area contributed by atoms with Crippen LogP contribution in [-0.2, 0) is 6.54 Å². The predicted molar refractivity (Wildman–Crippen MR) is 58.9 cm³/mol. The zero-order valence-corrected chi connectivity index (χ0v) is 8.93. The molecule has 0 aliphatic heterocycles. The molecular formula is C12H12N2O2. The van der Waals surface area contributed by atoms with Crippen LogP contribution in [0.2, 0.25) is 0 Å². The quantitative estimate of drug-likeness (QED) is 0.852. The Bertz CT molecular complexity index is 477. The van der Waals surface area contributed by atoms with Crippen molar-refractivity contribution < 1.29 is 9.21 Å². The van der Waals surface area contributed by atoms with Gasteiger partial charge in [0.05, 0.1) is 12.2 Å². The van der Waals surface area contributed by atoms with E-state index < -0.39 is 0 Å². The molecule has 0 saturated heterocycles. The van der Waals surface area contributed by atoms with Crippen LogP contribution in [0.3, 0.4) is 0 Å². The summed E-state index contributed by atoms with van der Waals surface area (Å²) in [5.41, 5.74) is 1.37. The highest BCUT2D eigenvalue weighted by Crippen LogP contribution is 2.01. The number of hydrogen-bond acceptors (Lipinski definition) is 3. The summed E-state index contributed by atoms with van der Waals surface area (Å²) in [7, 11) is 0. The maximum absolute atomic E-state index is 11.7. The highest BCUT2D eigenvalue weighted by atomic mass is 16.3. The number of nitrogens with one attached hydrogen (secondary N) is 1. The lowest BCUT2D eigenvalue weighted by Crippen LogP contribution is -2.22. The van der Waals surface area contributed by atoms with E-state index in [0.29, 0.717) is 18.0 Å². The molecule has 1 N–H and O–H groups in total. The lowest BCUT2D eigenvalue weighted by atomic mass is 10.2. The largest absolute Gasteiger partial charge is 0.449 e. The van der Waals surface area contributed by atoms with Gasteiger partial charge in [-0.2, -0.15) is 0 Å². The Labute approximate surface area is 93.3 Å². The second-order valence-corrected chi connectivity index (χ2v) is 3.41. The average Bonchev–Trinajstić information content (AvgIpc) is 2.73. The van der Waals surface area contributed by atoms with Gasteiger partial charge in [0.2, 0.25) is 0 Å². The SMILES string of the molecule is Cc1nc(CNC(=O)c2ccccc2)co1. The normalized spacial score (nSPS) is 10.1. The van der Waals surface area contributed by atoms with Crippen LogP contribution in [0.25, 0.3) is 0 Å². The number of carbonyl (C=O) groups excluding carboxylic acids is 1. The minimum absolute atomic E-state index is 0.110. The molecule has 0 radical (unpaired) electrons. The third-order valence-electron chi connectivity index (χ3n) is 2.13. The summed E-state index contributed by atoms with van der Waals surface area (Å²) in [4.78, 5) is 15.8. The van der Waals surface area contributed by atoms with Crippen LogP contribution in [0.15, 0.2) is 41.0 Å². The van der Waals surface area contributed by atoms with E-state index in [9.17, 15) is 4.79 Å². The number of benzene rings is 1. The van der Waals surface area contributed by atoms with Crippen molar-refractivity contribution in [3.05, 3.63) is 53.7 Å². The Morgan fingerprint density at radius 2 is 2.12 bits per heavy atom. The smallest absolute Gasteiger partial charge is 0.251 e. The molecule has 1 heterocycles. The molecule has 16 heavy (non-hydrogen) atoms. The number of carbonyl (C=O) groups is 1. The number of nitrogens with zero attached hydrogens (tertiary/aromatic N) is 1. The second-order valence-electron chi connectivity index (χ2n) is 3.41. The van der Waals surface area contributed by atoms with E-state index >= 15 is 0 Å². The number of rotatable bonds is 3. The summed E-state index contributed by atoms with van der Waals surface area (Å²) in [6.07, 6.45) is 1.54. The first-order valence-electron chi connectivity index (χ1n) is 5.00. The van der Waals surface area contributed by atoms with Crippen LogP contribution < -0.4 is 5.32 Å². The van der Waals surface area contributed by atoms with Crippen LogP contribution in [0.5, 0.6) is 0 Å². The van der Waals surface area contributed by atoms with Gasteiger partial charge in [0.15, 0.2) is 5.89 Å². The van der Waals surface area contributed by atoms with Crippen LogP contribution >= 0.6 is 0 Å². The molecule has 0 bridgehead atoms. The van der Waals surface area contributed by atoms with Crippen molar-refractivity contribution >= 4 is 5.91 Å². The van der Waals surface area contributed by atoms with E-state index in [1.54, 1.807) is 25.3 Å². The average molecular weight is 216 g/mol. The Balaban J connectivity index is 1.94. The first kappa shape index (κ1) is 10.4. The molecule has 1 amide bonds. The number of aryl methyl sites for hydroxylation is 1.